The van der Waals surface area contributed by atoms with Crippen LogP contribution in [-0.2, 0) is 4.74 Å². The molecule has 0 aliphatic carbocycles. The summed E-state index contributed by atoms with van der Waals surface area (Å²) in [4.78, 5) is 14.5. The van der Waals surface area contributed by atoms with E-state index in [0.717, 1.165) is 5.39 Å². The largest absolute Gasteiger partial charge is 0.463 e. The molecule has 0 N–H and O–H groups in total. The van der Waals surface area contributed by atoms with Gasteiger partial charge in [-0.25, -0.2) is 0 Å². The molecule has 0 unspecified atom stereocenters. The smallest absolute Gasteiger partial charge is 0.257 e. The van der Waals surface area contributed by atoms with Crippen molar-refractivity contribution in [3.63, 3.8) is 0 Å². The molecule has 4 rings (SSSR count). The molecule has 1 aromatic carbocycles. The number of furan rings is 1. The Kier molecular flexibility index (Phi) is 3.34. The number of hydrogen-bond acceptors (Lipinski definition) is 6. The number of aryl methyl sites for hydroxylation is 1. The van der Waals surface area contributed by atoms with Crippen LogP contribution in [0.5, 0.6) is 0 Å². The third-order valence-corrected chi connectivity index (χ3v) is 3.88. The van der Waals surface area contributed by atoms with E-state index >= 15 is 0 Å². The Morgan fingerprint density at radius 3 is 3.00 bits per heavy atom. The molecule has 0 saturated carbocycles. The molecule has 1 fully saturated rings. The van der Waals surface area contributed by atoms with Gasteiger partial charge < -0.3 is 18.5 Å². The van der Waals surface area contributed by atoms with E-state index in [1.54, 1.807) is 11.8 Å². The summed E-state index contributed by atoms with van der Waals surface area (Å²) >= 11 is 0. The van der Waals surface area contributed by atoms with E-state index < -0.39 is 6.10 Å². The summed E-state index contributed by atoms with van der Waals surface area (Å²) in [6, 6.07) is 7.49. The summed E-state index contributed by atoms with van der Waals surface area (Å²) in [7, 11) is 0. The number of fused-ring (bicyclic) bond motifs is 1. The average molecular weight is 313 g/mol. The van der Waals surface area contributed by atoms with Crippen LogP contribution in [0.1, 0.15) is 28.2 Å². The van der Waals surface area contributed by atoms with Gasteiger partial charge >= 0.3 is 0 Å². The first-order chi connectivity index (χ1) is 11.2. The van der Waals surface area contributed by atoms with E-state index in [1.807, 2.05) is 24.3 Å². The Hall–Kier alpha value is -2.67. The number of nitrogens with zero attached hydrogens (tertiary/aromatic N) is 3. The zero-order chi connectivity index (χ0) is 15.8. The fourth-order valence-electron chi connectivity index (χ4n) is 2.74. The van der Waals surface area contributed by atoms with Crippen LogP contribution in [0, 0.1) is 6.92 Å². The van der Waals surface area contributed by atoms with Crippen molar-refractivity contribution in [2.45, 2.75) is 13.0 Å². The fraction of sp³-hybridized carbons (Fsp3) is 0.312. The van der Waals surface area contributed by atoms with Crippen LogP contribution in [-0.4, -0.2) is 40.7 Å². The van der Waals surface area contributed by atoms with E-state index in [4.69, 9.17) is 13.6 Å². The first kappa shape index (κ1) is 14.0. The molecule has 23 heavy (non-hydrogen) atoms. The van der Waals surface area contributed by atoms with E-state index in [2.05, 4.69) is 10.2 Å². The molecule has 3 aromatic rings. The second kappa shape index (κ2) is 5.51. The zero-order valence-electron chi connectivity index (χ0n) is 12.6. The lowest BCUT2D eigenvalue weighted by Crippen LogP contribution is -2.42. The summed E-state index contributed by atoms with van der Waals surface area (Å²) in [6.45, 7) is 3.04. The maximum atomic E-state index is 12.8. The van der Waals surface area contributed by atoms with Crippen molar-refractivity contribution in [2.24, 2.45) is 0 Å². The molecule has 1 saturated heterocycles. The number of morpholine rings is 1. The van der Waals surface area contributed by atoms with Gasteiger partial charge in [0.1, 0.15) is 11.8 Å². The van der Waals surface area contributed by atoms with Crippen LogP contribution < -0.4 is 0 Å². The van der Waals surface area contributed by atoms with Crippen LogP contribution in [0.4, 0.5) is 0 Å². The van der Waals surface area contributed by atoms with E-state index in [-0.39, 0.29) is 5.91 Å². The van der Waals surface area contributed by atoms with Gasteiger partial charge in [0.15, 0.2) is 6.10 Å². The van der Waals surface area contributed by atoms with Gasteiger partial charge in [0, 0.05) is 18.9 Å². The number of amides is 1. The topological polar surface area (TPSA) is 81.6 Å². The number of ether oxygens (including phenoxy) is 1. The van der Waals surface area contributed by atoms with Crippen molar-refractivity contribution in [1.82, 2.24) is 15.1 Å². The van der Waals surface area contributed by atoms with E-state index in [1.165, 1.54) is 6.26 Å². The molecule has 3 heterocycles. The lowest BCUT2D eigenvalue weighted by atomic mass is 10.1. The predicted octanol–water partition coefficient (Wildman–Crippen LogP) is 2.34. The third-order valence-electron chi connectivity index (χ3n) is 3.88. The molecule has 1 atom stereocenters. The molecule has 1 amide bonds. The van der Waals surface area contributed by atoms with Crippen molar-refractivity contribution in [2.75, 3.05) is 19.7 Å². The van der Waals surface area contributed by atoms with Crippen molar-refractivity contribution in [1.29, 1.82) is 0 Å². The summed E-state index contributed by atoms with van der Waals surface area (Å²) in [5.41, 5.74) is 1.26. The van der Waals surface area contributed by atoms with Crippen molar-refractivity contribution in [3.8, 4) is 0 Å². The molecule has 1 aliphatic heterocycles. The highest BCUT2D eigenvalue weighted by molar-refractivity contribution is 6.05. The van der Waals surface area contributed by atoms with Gasteiger partial charge in [-0.1, -0.05) is 18.2 Å². The number of rotatable bonds is 2. The minimum Gasteiger partial charge on any atom is -0.463 e. The lowest BCUT2D eigenvalue weighted by Gasteiger charge is -2.31. The van der Waals surface area contributed by atoms with Crippen LogP contribution in [0.25, 0.3) is 11.0 Å². The Labute approximate surface area is 131 Å². The maximum absolute atomic E-state index is 12.8. The molecule has 7 nitrogen and oxygen atoms in total. The predicted molar refractivity (Wildman–Crippen MR) is 79.8 cm³/mol. The van der Waals surface area contributed by atoms with Crippen molar-refractivity contribution >= 4 is 16.9 Å². The molecule has 1 aliphatic rings. The van der Waals surface area contributed by atoms with Gasteiger partial charge in [-0.15, -0.1) is 10.2 Å². The van der Waals surface area contributed by atoms with Crippen LogP contribution in [0.3, 0.4) is 0 Å². The van der Waals surface area contributed by atoms with Gasteiger partial charge in [-0.3, -0.25) is 4.79 Å². The van der Waals surface area contributed by atoms with Gasteiger partial charge in [0.05, 0.1) is 18.7 Å². The minimum atomic E-state index is -0.396. The number of carbonyl (C=O) groups is 1. The Morgan fingerprint density at radius 1 is 1.30 bits per heavy atom. The number of para-hydroxylation sites is 1. The quantitative estimate of drug-likeness (QED) is 0.722. The first-order valence-electron chi connectivity index (χ1n) is 7.39. The van der Waals surface area contributed by atoms with Crippen LogP contribution in [0.2, 0.25) is 0 Å². The first-order valence-corrected chi connectivity index (χ1v) is 7.39. The van der Waals surface area contributed by atoms with Crippen LogP contribution >= 0.6 is 0 Å². The standard InChI is InChI=1S/C16H15N3O4/c1-10-17-18-15(23-10)14-8-19(6-7-21-14)16(20)12-9-22-13-5-3-2-4-11(12)13/h2-5,9,14H,6-8H2,1H3/t14-/m0/s1. The minimum absolute atomic E-state index is 0.0838. The van der Waals surface area contributed by atoms with Gasteiger partial charge in [0.25, 0.3) is 5.91 Å². The third kappa shape index (κ3) is 2.49. The van der Waals surface area contributed by atoms with Gasteiger partial charge in [-0.05, 0) is 6.07 Å². The Bertz CT molecular complexity index is 854. The van der Waals surface area contributed by atoms with Gasteiger partial charge in [0.2, 0.25) is 11.8 Å². The Morgan fingerprint density at radius 2 is 2.17 bits per heavy atom. The second-order valence-electron chi connectivity index (χ2n) is 5.42. The fourth-order valence-corrected chi connectivity index (χ4v) is 2.74. The number of hydrogen-bond donors (Lipinski definition) is 0. The summed E-state index contributed by atoms with van der Waals surface area (Å²) < 4.78 is 16.5. The number of carbonyl (C=O) groups excluding carboxylic acids is 1. The highest BCUT2D eigenvalue weighted by Gasteiger charge is 2.30. The maximum Gasteiger partial charge on any atom is 0.257 e. The van der Waals surface area contributed by atoms with E-state index in [9.17, 15) is 4.79 Å². The number of aromatic nitrogens is 2. The summed E-state index contributed by atoms with van der Waals surface area (Å²) in [5, 5.41) is 8.60. The van der Waals surface area contributed by atoms with Crippen LogP contribution in [0.15, 0.2) is 39.4 Å². The molecule has 7 heteroatoms. The average Bonchev–Trinajstić information content (AvgIpc) is 3.20. The molecule has 2 aromatic heterocycles. The number of benzene rings is 1. The summed E-state index contributed by atoms with van der Waals surface area (Å²) in [6.07, 6.45) is 1.11. The molecule has 0 radical (unpaired) electrons. The zero-order valence-corrected chi connectivity index (χ0v) is 12.6. The molecule has 0 bridgehead atoms. The van der Waals surface area contributed by atoms with Crippen molar-refractivity contribution in [3.05, 3.63) is 47.9 Å². The monoisotopic (exact) mass is 313 g/mol. The SMILES string of the molecule is Cc1nnc([C@@H]2CN(C(=O)c3coc4ccccc34)CCO2)o1. The molecule has 0 spiro atoms. The Balaban J connectivity index is 1.58. The highest BCUT2D eigenvalue weighted by Crippen LogP contribution is 2.26. The normalized spacial score (nSPS) is 18.5. The second-order valence-corrected chi connectivity index (χ2v) is 5.42. The highest BCUT2D eigenvalue weighted by atomic mass is 16.5. The van der Waals surface area contributed by atoms with E-state index in [0.29, 0.717) is 42.6 Å². The molecular formula is C16H15N3O4. The lowest BCUT2D eigenvalue weighted by molar-refractivity contribution is -0.0349. The molecular weight excluding hydrogens is 298 g/mol. The summed E-state index contributed by atoms with van der Waals surface area (Å²) in [5.74, 6) is 0.796. The van der Waals surface area contributed by atoms with Crippen molar-refractivity contribution < 1.29 is 18.4 Å². The molecule has 118 valence electrons. The van der Waals surface area contributed by atoms with Gasteiger partial charge in [-0.2, -0.15) is 0 Å².